The van der Waals surface area contributed by atoms with Gasteiger partial charge in [0.2, 0.25) is 0 Å². The summed E-state index contributed by atoms with van der Waals surface area (Å²) in [6.45, 7) is 5.06. The summed E-state index contributed by atoms with van der Waals surface area (Å²) in [4.78, 5) is 21.5. The van der Waals surface area contributed by atoms with Gasteiger partial charge in [0.1, 0.15) is 0 Å². The van der Waals surface area contributed by atoms with Crippen molar-refractivity contribution in [1.82, 2.24) is 0 Å². The van der Waals surface area contributed by atoms with Crippen LogP contribution in [-0.2, 0) is 0 Å². The molecule has 73 valence electrons. The summed E-state index contributed by atoms with van der Waals surface area (Å²) in [5, 5.41) is 17.5. The molecule has 1 rings (SSSR count). The van der Waals surface area contributed by atoms with Crippen molar-refractivity contribution in [2.24, 2.45) is 0 Å². The summed E-state index contributed by atoms with van der Waals surface area (Å²) >= 11 is 0. The predicted molar refractivity (Wildman–Crippen MR) is 49.6 cm³/mol. The second-order valence-electron chi connectivity index (χ2n) is 2.89. The molecule has 0 atom stereocenters. The highest BCUT2D eigenvalue weighted by molar-refractivity contribution is 5.98. The molecular formula is C10H9O4. The molecule has 0 amide bonds. The molecule has 2 N–H and O–H groups in total. The van der Waals surface area contributed by atoms with Gasteiger partial charge in [-0.05, 0) is 31.0 Å². The monoisotopic (exact) mass is 193 g/mol. The summed E-state index contributed by atoms with van der Waals surface area (Å²) in [6.07, 6.45) is 0. The maximum Gasteiger partial charge on any atom is 0.336 e. The maximum atomic E-state index is 10.8. The Morgan fingerprint density at radius 1 is 1.21 bits per heavy atom. The van der Waals surface area contributed by atoms with E-state index in [-0.39, 0.29) is 16.7 Å². The second-order valence-corrected chi connectivity index (χ2v) is 2.89. The van der Waals surface area contributed by atoms with E-state index in [0.29, 0.717) is 5.56 Å². The Balaban J connectivity index is 3.49. The van der Waals surface area contributed by atoms with Crippen molar-refractivity contribution in [2.45, 2.75) is 6.92 Å². The van der Waals surface area contributed by atoms with Gasteiger partial charge in [0.25, 0.3) is 0 Å². The average molecular weight is 193 g/mol. The Kier molecular flexibility index (Phi) is 2.56. The number of hydrogen-bond donors (Lipinski definition) is 2. The van der Waals surface area contributed by atoms with Gasteiger partial charge in [-0.3, -0.25) is 0 Å². The van der Waals surface area contributed by atoms with Crippen LogP contribution in [0.5, 0.6) is 0 Å². The Morgan fingerprint density at radius 3 is 2.21 bits per heavy atom. The molecule has 0 aromatic heterocycles. The van der Waals surface area contributed by atoms with Crippen molar-refractivity contribution in [1.29, 1.82) is 0 Å². The second kappa shape index (κ2) is 3.49. The lowest BCUT2D eigenvalue weighted by molar-refractivity contribution is 0.0695. The van der Waals surface area contributed by atoms with E-state index in [9.17, 15) is 9.59 Å². The molecule has 1 aromatic rings. The molecule has 4 heteroatoms. The number of aromatic carboxylic acids is 2. The summed E-state index contributed by atoms with van der Waals surface area (Å²) < 4.78 is 0. The van der Waals surface area contributed by atoms with Crippen LogP contribution in [0, 0.1) is 13.8 Å². The van der Waals surface area contributed by atoms with E-state index in [0.717, 1.165) is 0 Å². The lowest BCUT2D eigenvalue weighted by atomic mass is 9.98. The third kappa shape index (κ3) is 1.59. The summed E-state index contributed by atoms with van der Waals surface area (Å²) in [6, 6.07) is 2.81. The standard InChI is InChI=1S/C10H9O4/c1-5-3-4-7(9(11)12)6(2)8(5)10(13)14/h3-4H,2H2,1H3,(H,11,12)(H,13,14). The van der Waals surface area contributed by atoms with Gasteiger partial charge in [-0.25, -0.2) is 9.59 Å². The molecule has 4 nitrogen and oxygen atoms in total. The van der Waals surface area contributed by atoms with Gasteiger partial charge in [0.05, 0.1) is 11.1 Å². The van der Waals surface area contributed by atoms with Gasteiger partial charge in [-0.15, -0.1) is 0 Å². The van der Waals surface area contributed by atoms with Gasteiger partial charge in [-0.2, -0.15) is 0 Å². The topological polar surface area (TPSA) is 74.6 Å². The number of carboxylic acids is 2. The van der Waals surface area contributed by atoms with Crippen LogP contribution in [0.4, 0.5) is 0 Å². The fraction of sp³-hybridized carbons (Fsp3) is 0.100. The Bertz CT molecular complexity index is 407. The van der Waals surface area contributed by atoms with Gasteiger partial charge in [0.15, 0.2) is 0 Å². The smallest absolute Gasteiger partial charge is 0.336 e. The maximum absolute atomic E-state index is 10.8. The zero-order valence-corrected chi connectivity index (χ0v) is 7.57. The van der Waals surface area contributed by atoms with Crippen LogP contribution in [0.3, 0.4) is 0 Å². The van der Waals surface area contributed by atoms with Gasteiger partial charge < -0.3 is 10.2 Å². The Morgan fingerprint density at radius 2 is 1.79 bits per heavy atom. The molecule has 0 bridgehead atoms. The Hall–Kier alpha value is -1.84. The first-order valence-corrected chi connectivity index (χ1v) is 3.87. The van der Waals surface area contributed by atoms with E-state index < -0.39 is 11.9 Å². The van der Waals surface area contributed by atoms with Crippen LogP contribution >= 0.6 is 0 Å². The van der Waals surface area contributed by atoms with E-state index >= 15 is 0 Å². The normalized spacial score (nSPS) is 9.86. The molecule has 0 heterocycles. The zero-order chi connectivity index (χ0) is 10.9. The molecule has 1 radical (unpaired) electrons. The molecule has 0 saturated heterocycles. The van der Waals surface area contributed by atoms with E-state index in [1.54, 1.807) is 6.92 Å². The summed E-state index contributed by atoms with van der Waals surface area (Å²) in [5.74, 6) is -2.33. The number of hydrogen-bond acceptors (Lipinski definition) is 2. The molecule has 0 fully saturated rings. The van der Waals surface area contributed by atoms with Crippen molar-refractivity contribution in [3.8, 4) is 0 Å². The molecule has 0 unspecified atom stereocenters. The number of carbonyl (C=O) groups is 2. The highest BCUT2D eigenvalue weighted by Crippen LogP contribution is 2.18. The van der Waals surface area contributed by atoms with E-state index in [1.165, 1.54) is 12.1 Å². The molecule has 0 aliphatic heterocycles. The molecule has 0 aliphatic carbocycles. The Labute approximate surface area is 80.8 Å². The predicted octanol–water partition coefficient (Wildman–Crippen LogP) is 1.57. The van der Waals surface area contributed by atoms with Crippen molar-refractivity contribution in [3.63, 3.8) is 0 Å². The highest BCUT2D eigenvalue weighted by Gasteiger charge is 2.16. The highest BCUT2D eigenvalue weighted by atomic mass is 16.4. The van der Waals surface area contributed by atoms with Crippen LogP contribution in [0.1, 0.15) is 31.8 Å². The molecular weight excluding hydrogens is 184 g/mol. The van der Waals surface area contributed by atoms with Crippen molar-refractivity contribution in [3.05, 3.63) is 41.3 Å². The minimum atomic E-state index is -1.17. The van der Waals surface area contributed by atoms with Gasteiger partial charge >= 0.3 is 11.9 Å². The third-order valence-corrected chi connectivity index (χ3v) is 1.97. The molecule has 1 aromatic carbocycles. The molecule has 14 heavy (non-hydrogen) atoms. The van der Waals surface area contributed by atoms with Crippen LogP contribution in [0.2, 0.25) is 0 Å². The number of rotatable bonds is 2. The first-order chi connectivity index (χ1) is 6.45. The van der Waals surface area contributed by atoms with Crippen molar-refractivity contribution in [2.75, 3.05) is 0 Å². The minimum Gasteiger partial charge on any atom is -0.478 e. The quantitative estimate of drug-likeness (QED) is 0.747. The molecule has 0 saturated carbocycles. The van der Waals surface area contributed by atoms with E-state index in [4.69, 9.17) is 10.2 Å². The van der Waals surface area contributed by atoms with Crippen LogP contribution in [0.15, 0.2) is 12.1 Å². The lowest BCUT2D eigenvalue weighted by Gasteiger charge is -2.07. The summed E-state index contributed by atoms with van der Waals surface area (Å²) in [7, 11) is 0. The van der Waals surface area contributed by atoms with Crippen LogP contribution < -0.4 is 0 Å². The fourth-order valence-corrected chi connectivity index (χ4v) is 1.26. The van der Waals surface area contributed by atoms with Crippen LogP contribution in [0.25, 0.3) is 0 Å². The van der Waals surface area contributed by atoms with Gasteiger partial charge in [0, 0.05) is 0 Å². The van der Waals surface area contributed by atoms with Crippen LogP contribution in [-0.4, -0.2) is 22.2 Å². The first-order valence-electron chi connectivity index (χ1n) is 3.87. The zero-order valence-electron chi connectivity index (χ0n) is 7.57. The number of benzene rings is 1. The summed E-state index contributed by atoms with van der Waals surface area (Å²) in [5.41, 5.74) is 0.440. The fourth-order valence-electron chi connectivity index (χ4n) is 1.26. The van der Waals surface area contributed by atoms with Crippen molar-refractivity contribution >= 4 is 11.9 Å². The molecule has 0 spiro atoms. The average Bonchev–Trinajstić information content (AvgIpc) is 2.02. The largest absolute Gasteiger partial charge is 0.478 e. The van der Waals surface area contributed by atoms with E-state index in [2.05, 4.69) is 6.92 Å². The van der Waals surface area contributed by atoms with Gasteiger partial charge in [-0.1, -0.05) is 6.07 Å². The molecule has 0 aliphatic rings. The third-order valence-electron chi connectivity index (χ3n) is 1.97. The minimum absolute atomic E-state index is 0.0371. The number of aryl methyl sites for hydroxylation is 1. The van der Waals surface area contributed by atoms with Crippen molar-refractivity contribution < 1.29 is 19.8 Å². The number of carboxylic acid groups (broad SMARTS) is 2. The first kappa shape index (κ1) is 10.2. The van der Waals surface area contributed by atoms with E-state index in [1.807, 2.05) is 0 Å². The lowest BCUT2D eigenvalue weighted by Crippen LogP contribution is -2.08. The SMILES string of the molecule is [CH2]c1c(C(=O)O)ccc(C)c1C(=O)O.